The molecule has 19 heavy (non-hydrogen) atoms. The highest BCUT2D eigenvalue weighted by molar-refractivity contribution is 6.20. The summed E-state index contributed by atoms with van der Waals surface area (Å²) in [6, 6.07) is 7.76. The van der Waals surface area contributed by atoms with Crippen molar-refractivity contribution in [2.45, 2.75) is 39.1 Å². The van der Waals surface area contributed by atoms with E-state index in [1.54, 1.807) is 6.07 Å². The standard InChI is InChI=1S/C15H18ClN3/c1-4-10(2)9-19-14-7-12(8-17)5-6-13(14)18-15(19)11(3)16/h5-7,10-11H,4,9H2,1-3H3. The van der Waals surface area contributed by atoms with Crippen molar-refractivity contribution in [1.82, 2.24) is 9.55 Å². The number of nitrogens with zero attached hydrogens (tertiary/aromatic N) is 3. The maximum absolute atomic E-state index is 9.03. The second kappa shape index (κ2) is 5.63. The van der Waals surface area contributed by atoms with E-state index in [9.17, 15) is 0 Å². The lowest BCUT2D eigenvalue weighted by molar-refractivity contribution is 0.465. The van der Waals surface area contributed by atoms with Crippen LogP contribution in [0.2, 0.25) is 0 Å². The van der Waals surface area contributed by atoms with Crippen LogP contribution in [-0.2, 0) is 6.54 Å². The van der Waals surface area contributed by atoms with Crippen LogP contribution >= 0.6 is 11.6 Å². The molecule has 0 saturated heterocycles. The van der Waals surface area contributed by atoms with Crippen LogP contribution in [0.25, 0.3) is 11.0 Å². The van der Waals surface area contributed by atoms with E-state index in [0.717, 1.165) is 29.8 Å². The molecule has 3 nitrogen and oxygen atoms in total. The second-order valence-electron chi connectivity index (χ2n) is 5.03. The van der Waals surface area contributed by atoms with Crippen molar-refractivity contribution < 1.29 is 0 Å². The van der Waals surface area contributed by atoms with Crippen LogP contribution in [0.1, 0.15) is 44.0 Å². The quantitative estimate of drug-likeness (QED) is 0.783. The lowest BCUT2D eigenvalue weighted by Gasteiger charge is -2.14. The predicted molar refractivity (Wildman–Crippen MR) is 78.2 cm³/mol. The van der Waals surface area contributed by atoms with E-state index >= 15 is 0 Å². The summed E-state index contributed by atoms with van der Waals surface area (Å²) in [6.45, 7) is 7.20. The van der Waals surface area contributed by atoms with Crippen LogP contribution in [0.3, 0.4) is 0 Å². The molecule has 0 radical (unpaired) electrons. The molecule has 0 spiro atoms. The number of hydrogen-bond acceptors (Lipinski definition) is 2. The summed E-state index contributed by atoms with van der Waals surface area (Å²) < 4.78 is 2.15. The summed E-state index contributed by atoms with van der Waals surface area (Å²) in [6.07, 6.45) is 1.10. The van der Waals surface area contributed by atoms with Gasteiger partial charge in [-0.05, 0) is 31.0 Å². The topological polar surface area (TPSA) is 41.6 Å². The Labute approximate surface area is 118 Å². The molecular formula is C15H18ClN3. The summed E-state index contributed by atoms with van der Waals surface area (Å²) in [5, 5.41) is 8.89. The molecule has 0 fully saturated rings. The summed E-state index contributed by atoms with van der Waals surface area (Å²) >= 11 is 6.23. The van der Waals surface area contributed by atoms with Gasteiger partial charge >= 0.3 is 0 Å². The van der Waals surface area contributed by atoms with Crippen molar-refractivity contribution >= 4 is 22.6 Å². The third kappa shape index (κ3) is 2.74. The number of nitriles is 1. The van der Waals surface area contributed by atoms with E-state index in [2.05, 4.69) is 29.5 Å². The SMILES string of the molecule is CCC(C)Cn1c(C(C)Cl)nc2ccc(C#N)cc21. The number of rotatable bonds is 4. The summed E-state index contributed by atoms with van der Waals surface area (Å²) in [4.78, 5) is 4.60. The smallest absolute Gasteiger partial charge is 0.127 e. The number of imidazole rings is 1. The lowest BCUT2D eigenvalue weighted by Crippen LogP contribution is -2.10. The van der Waals surface area contributed by atoms with Crippen molar-refractivity contribution in [2.75, 3.05) is 0 Å². The largest absolute Gasteiger partial charge is 0.326 e. The highest BCUT2D eigenvalue weighted by Gasteiger charge is 2.16. The summed E-state index contributed by atoms with van der Waals surface area (Å²) in [5.41, 5.74) is 2.57. The first kappa shape index (κ1) is 13.9. The number of halogens is 1. The minimum atomic E-state index is -0.137. The Balaban J connectivity index is 2.60. The van der Waals surface area contributed by atoms with Crippen LogP contribution < -0.4 is 0 Å². The van der Waals surface area contributed by atoms with Gasteiger partial charge < -0.3 is 4.57 Å². The molecule has 1 aromatic carbocycles. The fraction of sp³-hybridized carbons (Fsp3) is 0.467. The van der Waals surface area contributed by atoms with E-state index in [0.29, 0.717) is 11.5 Å². The first-order valence-corrected chi connectivity index (χ1v) is 7.04. The molecule has 0 aliphatic heterocycles. The normalized spacial score (nSPS) is 14.3. The Hall–Kier alpha value is -1.53. The second-order valence-corrected chi connectivity index (χ2v) is 5.68. The van der Waals surface area contributed by atoms with Gasteiger partial charge in [0.2, 0.25) is 0 Å². The van der Waals surface area contributed by atoms with Crippen molar-refractivity contribution in [1.29, 1.82) is 5.26 Å². The highest BCUT2D eigenvalue weighted by Crippen LogP contribution is 2.26. The Kier molecular flexibility index (Phi) is 4.11. The van der Waals surface area contributed by atoms with Gasteiger partial charge in [-0.25, -0.2) is 4.98 Å². The van der Waals surface area contributed by atoms with Crippen LogP contribution in [0.4, 0.5) is 0 Å². The van der Waals surface area contributed by atoms with Crippen molar-refractivity contribution in [3.63, 3.8) is 0 Å². The number of benzene rings is 1. The van der Waals surface area contributed by atoms with Gasteiger partial charge in [0.05, 0.1) is 28.0 Å². The molecule has 0 aliphatic carbocycles. The number of aromatic nitrogens is 2. The number of hydrogen-bond donors (Lipinski definition) is 0. The predicted octanol–water partition coefficient (Wildman–Crippen LogP) is 4.25. The number of fused-ring (bicyclic) bond motifs is 1. The zero-order valence-electron chi connectivity index (χ0n) is 11.5. The zero-order valence-corrected chi connectivity index (χ0v) is 12.3. The van der Waals surface area contributed by atoms with Gasteiger partial charge in [0.1, 0.15) is 5.82 Å². The average Bonchev–Trinajstić information content (AvgIpc) is 2.76. The Morgan fingerprint density at radius 3 is 2.74 bits per heavy atom. The summed E-state index contributed by atoms with van der Waals surface area (Å²) in [5.74, 6) is 1.43. The third-order valence-electron chi connectivity index (χ3n) is 3.45. The molecule has 2 aromatic rings. The fourth-order valence-corrected chi connectivity index (χ4v) is 2.31. The molecule has 0 bridgehead atoms. The van der Waals surface area contributed by atoms with Crippen molar-refractivity contribution in [2.24, 2.45) is 5.92 Å². The molecule has 2 atom stereocenters. The van der Waals surface area contributed by atoms with Gasteiger partial charge in [0.15, 0.2) is 0 Å². The maximum atomic E-state index is 9.03. The van der Waals surface area contributed by atoms with Gasteiger partial charge in [0.25, 0.3) is 0 Å². The third-order valence-corrected chi connectivity index (χ3v) is 3.65. The van der Waals surface area contributed by atoms with Gasteiger partial charge in [-0.3, -0.25) is 0 Å². The van der Waals surface area contributed by atoms with Crippen LogP contribution in [0.5, 0.6) is 0 Å². The zero-order chi connectivity index (χ0) is 14.0. The Morgan fingerprint density at radius 2 is 2.16 bits per heavy atom. The highest BCUT2D eigenvalue weighted by atomic mass is 35.5. The van der Waals surface area contributed by atoms with E-state index in [-0.39, 0.29) is 5.38 Å². The molecule has 0 aliphatic rings. The average molecular weight is 276 g/mol. The fourth-order valence-electron chi connectivity index (χ4n) is 2.15. The monoisotopic (exact) mass is 275 g/mol. The Morgan fingerprint density at radius 1 is 1.42 bits per heavy atom. The molecule has 2 unspecified atom stereocenters. The van der Waals surface area contributed by atoms with E-state index in [1.165, 1.54) is 0 Å². The molecule has 2 rings (SSSR count). The molecule has 4 heteroatoms. The molecular weight excluding hydrogens is 258 g/mol. The van der Waals surface area contributed by atoms with E-state index < -0.39 is 0 Å². The Bertz CT molecular complexity index is 622. The van der Waals surface area contributed by atoms with Gasteiger partial charge in [0, 0.05) is 6.54 Å². The molecule has 0 amide bonds. The minimum absolute atomic E-state index is 0.137. The maximum Gasteiger partial charge on any atom is 0.127 e. The van der Waals surface area contributed by atoms with E-state index in [1.807, 2.05) is 19.1 Å². The molecule has 0 saturated carbocycles. The van der Waals surface area contributed by atoms with Crippen LogP contribution in [0.15, 0.2) is 18.2 Å². The van der Waals surface area contributed by atoms with Gasteiger partial charge in [-0.2, -0.15) is 5.26 Å². The molecule has 0 N–H and O–H groups in total. The van der Waals surface area contributed by atoms with Crippen molar-refractivity contribution in [3.05, 3.63) is 29.6 Å². The molecule has 1 aromatic heterocycles. The first-order valence-electron chi connectivity index (χ1n) is 6.61. The van der Waals surface area contributed by atoms with Gasteiger partial charge in [-0.1, -0.05) is 20.3 Å². The van der Waals surface area contributed by atoms with Crippen LogP contribution in [-0.4, -0.2) is 9.55 Å². The van der Waals surface area contributed by atoms with Gasteiger partial charge in [-0.15, -0.1) is 11.6 Å². The van der Waals surface area contributed by atoms with Crippen LogP contribution in [0, 0.1) is 17.2 Å². The first-order chi connectivity index (χ1) is 9.06. The minimum Gasteiger partial charge on any atom is -0.326 e. The molecule has 1 heterocycles. The lowest BCUT2D eigenvalue weighted by atomic mass is 10.1. The molecule has 100 valence electrons. The van der Waals surface area contributed by atoms with Crippen molar-refractivity contribution in [3.8, 4) is 6.07 Å². The number of alkyl halides is 1. The van der Waals surface area contributed by atoms with E-state index in [4.69, 9.17) is 16.9 Å². The summed E-state index contributed by atoms with van der Waals surface area (Å²) in [7, 11) is 0.